The van der Waals surface area contributed by atoms with Gasteiger partial charge < -0.3 is 10.2 Å². The quantitative estimate of drug-likeness (QED) is 0.921. The summed E-state index contributed by atoms with van der Waals surface area (Å²) in [7, 11) is 3.73. The molecule has 0 aliphatic carbocycles. The third-order valence-corrected chi connectivity index (χ3v) is 3.00. The van der Waals surface area contributed by atoms with Crippen molar-refractivity contribution in [2.75, 3.05) is 24.3 Å². The van der Waals surface area contributed by atoms with Crippen LogP contribution in [-0.4, -0.2) is 24.1 Å². The summed E-state index contributed by atoms with van der Waals surface area (Å²) in [5, 5.41) is 3.05. The number of nitrogens with zero attached hydrogens (tertiary/aromatic N) is 3. The molecule has 100 valence electrons. The van der Waals surface area contributed by atoms with Crippen LogP contribution in [0.2, 0.25) is 0 Å². The summed E-state index contributed by atoms with van der Waals surface area (Å²) in [6.07, 6.45) is 0. The first-order valence-electron chi connectivity index (χ1n) is 6.05. The van der Waals surface area contributed by atoms with E-state index in [9.17, 15) is 4.39 Å². The van der Waals surface area contributed by atoms with Gasteiger partial charge in [0.25, 0.3) is 0 Å². The molecule has 0 amide bonds. The summed E-state index contributed by atoms with van der Waals surface area (Å²) in [5.74, 6) is 2.06. The van der Waals surface area contributed by atoms with Crippen LogP contribution in [0, 0.1) is 19.7 Å². The molecule has 19 heavy (non-hydrogen) atoms. The van der Waals surface area contributed by atoms with Crippen LogP contribution in [0.5, 0.6) is 0 Å². The van der Waals surface area contributed by atoms with E-state index in [0.29, 0.717) is 5.82 Å². The Morgan fingerprint density at radius 1 is 1.11 bits per heavy atom. The van der Waals surface area contributed by atoms with Gasteiger partial charge in [-0.15, -0.1) is 0 Å². The van der Waals surface area contributed by atoms with E-state index in [1.165, 1.54) is 12.1 Å². The van der Waals surface area contributed by atoms with Crippen molar-refractivity contribution in [1.29, 1.82) is 0 Å². The molecule has 5 heteroatoms. The topological polar surface area (TPSA) is 41.1 Å². The van der Waals surface area contributed by atoms with Crippen LogP contribution in [0.25, 0.3) is 0 Å². The predicted molar refractivity (Wildman–Crippen MR) is 75.5 cm³/mol. The maximum Gasteiger partial charge on any atom is 0.141 e. The Labute approximate surface area is 112 Å². The fraction of sp³-hybridized carbons (Fsp3) is 0.286. The summed E-state index contributed by atoms with van der Waals surface area (Å²) in [4.78, 5) is 10.7. The lowest BCUT2D eigenvalue weighted by molar-refractivity contribution is 0.628. The summed E-state index contributed by atoms with van der Waals surface area (Å²) in [6.45, 7) is 3.81. The van der Waals surface area contributed by atoms with Gasteiger partial charge in [0.15, 0.2) is 0 Å². The first-order valence-corrected chi connectivity index (χ1v) is 6.05. The fourth-order valence-electron chi connectivity index (χ4n) is 1.97. The van der Waals surface area contributed by atoms with Crippen LogP contribution in [0.1, 0.15) is 11.4 Å². The van der Waals surface area contributed by atoms with Crippen molar-refractivity contribution in [3.05, 3.63) is 41.5 Å². The summed E-state index contributed by atoms with van der Waals surface area (Å²) < 4.78 is 13.0. The molecule has 0 atom stereocenters. The van der Waals surface area contributed by atoms with Gasteiger partial charge in [-0.25, -0.2) is 14.4 Å². The Morgan fingerprint density at radius 2 is 1.74 bits per heavy atom. The van der Waals surface area contributed by atoms with Crippen molar-refractivity contribution in [2.45, 2.75) is 13.8 Å². The van der Waals surface area contributed by atoms with Gasteiger partial charge in [0, 0.05) is 25.3 Å². The van der Waals surface area contributed by atoms with Gasteiger partial charge in [-0.1, -0.05) is 0 Å². The number of halogens is 1. The maximum absolute atomic E-state index is 13.0. The molecule has 1 heterocycles. The van der Waals surface area contributed by atoms with Crippen LogP contribution in [0.15, 0.2) is 24.3 Å². The number of anilines is 3. The molecule has 0 radical (unpaired) electrons. The largest absolute Gasteiger partial charge is 0.373 e. The highest BCUT2D eigenvalue weighted by molar-refractivity contribution is 5.66. The first kappa shape index (κ1) is 13.3. The van der Waals surface area contributed by atoms with Crippen molar-refractivity contribution in [3.8, 4) is 0 Å². The van der Waals surface area contributed by atoms with Crippen molar-refractivity contribution in [3.63, 3.8) is 0 Å². The molecular formula is C14H17FN4. The van der Waals surface area contributed by atoms with E-state index in [1.807, 2.05) is 32.8 Å². The van der Waals surface area contributed by atoms with Crippen LogP contribution in [0.4, 0.5) is 21.7 Å². The molecule has 0 spiro atoms. The van der Waals surface area contributed by atoms with Crippen LogP contribution < -0.4 is 10.2 Å². The molecule has 4 nitrogen and oxygen atoms in total. The number of aryl methyl sites for hydroxylation is 1. The molecule has 1 aromatic carbocycles. The third kappa shape index (κ3) is 2.65. The molecular weight excluding hydrogens is 243 g/mol. The Bertz CT molecular complexity index is 581. The van der Waals surface area contributed by atoms with Gasteiger partial charge in [-0.05, 0) is 38.1 Å². The highest BCUT2D eigenvalue weighted by Crippen LogP contribution is 2.28. The zero-order valence-electron chi connectivity index (χ0n) is 11.5. The SMILES string of the molecule is CNc1nc(C)nc(N(C)c2ccc(F)cc2)c1C. The van der Waals surface area contributed by atoms with Crippen LogP contribution in [-0.2, 0) is 0 Å². The standard InChI is InChI=1S/C14H17FN4/c1-9-13(16-3)17-10(2)18-14(9)19(4)12-7-5-11(15)6-8-12/h5-8H,1-4H3,(H,16,17,18). The summed E-state index contributed by atoms with van der Waals surface area (Å²) in [5.41, 5.74) is 1.84. The van der Waals surface area contributed by atoms with Crippen molar-refractivity contribution < 1.29 is 4.39 Å². The van der Waals surface area contributed by atoms with Crippen molar-refractivity contribution >= 4 is 17.3 Å². The molecule has 0 fully saturated rings. The molecule has 0 bridgehead atoms. The number of rotatable bonds is 3. The van der Waals surface area contributed by atoms with E-state index in [-0.39, 0.29) is 5.82 Å². The highest BCUT2D eigenvalue weighted by Gasteiger charge is 2.13. The minimum Gasteiger partial charge on any atom is -0.373 e. The molecule has 2 aromatic rings. The van der Waals surface area contributed by atoms with Crippen molar-refractivity contribution in [2.24, 2.45) is 0 Å². The molecule has 1 N–H and O–H groups in total. The predicted octanol–water partition coefficient (Wildman–Crippen LogP) is 3.04. The Kier molecular flexibility index (Phi) is 3.64. The number of hydrogen-bond donors (Lipinski definition) is 1. The van der Waals surface area contributed by atoms with Gasteiger partial charge in [0.2, 0.25) is 0 Å². The van der Waals surface area contributed by atoms with Crippen LogP contribution >= 0.6 is 0 Å². The molecule has 0 aliphatic heterocycles. The summed E-state index contributed by atoms with van der Waals surface area (Å²) >= 11 is 0. The normalized spacial score (nSPS) is 10.4. The minimum atomic E-state index is -0.247. The lowest BCUT2D eigenvalue weighted by atomic mass is 10.2. The Balaban J connectivity index is 2.46. The van der Waals surface area contributed by atoms with Crippen molar-refractivity contribution in [1.82, 2.24) is 9.97 Å². The van der Waals surface area contributed by atoms with E-state index in [2.05, 4.69) is 15.3 Å². The van der Waals surface area contributed by atoms with Gasteiger partial charge in [0.1, 0.15) is 23.3 Å². The molecule has 2 rings (SSSR count). The molecule has 0 saturated carbocycles. The zero-order chi connectivity index (χ0) is 14.0. The van der Waals surface area contributed by atoms with E-state index in [4.69, 9.17) is 0 Å². The van der Waals surface area contributed by atoms with Gasteiger partial charge >= 0.3 is 0 Å². The van der Waals surface area contributed by atoms with Crippen LogP contribution in [0.3, 0.4) is 0 Å². The summed E-state index contributed by atoms with van der Waals surface area (Å²) in [6, 6.07) is 6.33. The zero-order valence-corrected chi connectivity index (χ0v) is 11.5. The lowest BCUT2D eigenvalue weighted by Gasteiger charge is -2.21. The van der Waals surface area contributed by atoms with E-state index in [0.717, 1.165) is 22.9 Å². The second-order valence-corrected chi connectivity index (χ2v) is 4.35. The van der Waals surface area contributed by atoms with E-state index in [1.54, 1.807) is 12.1 Å². The second kappa shape index (κ2) is 5.22. The highest BCUT2D eigenvalue weighted by atomic mass is 19.1. The number of nitrogens with one attached hydrogen (secondary N) is 1. The lowest BCUT2D eigenvalue weighted by Crippen LogP contribution is -2.15. The Hall–Kier alpha value is -2.17. The first-order chi connectivity index (χ1) is 9.02. The smallest absolute Gasteiger partial charge is 0.141 e. The maximum atomic E-state index is 13.0. The third-order valence-electron chi connectivity index (χ3n) is 3.00. The molecule has 0 saturated heterocycles. The van der Waals surface area contributed by atoms with Gasteiger partial charge in [0.05, 0.1) is 0 Å². The molecule has 0 unspecified atom stereocenters. The second-order valence-electron chi connectivity index (χ2n) is 4.35. The number of benzene rings is 1. The molecule has 1 aromatic heterocycles. The number of hydrogen-bond acceptors (Lipinski definition) is 4. The number of aromatic nitrogens is 2. The monoisotopic (exact) mass is 260 g/mol. The molecule has 0 aliphatic rings. The van der Waals surface area contributed by atoms with E-state index >= 15 is 0 Å². The van der Waals surface area contributed by atoms with E-state index < -0.39 is 0 Å². The average Bonchev–Trinajstić information content (AvgIpc) is 2.41. The average molecular weight is 260 g/mol. The fourth-order valence-corrected chi connectivity index (χ4v) is 1.97. The van der Waals surface area contributed by atoms with Gasteiger partial charge in [-0.3, -0.25) is 0 Å². The minimum absolute atomic E-state index is 0.247. The Morgan fingerprint density at radius 3 is 2.32 bits per heavy atom. The van der Waals surface area contributed by atoms with Gasteiger partial charge in [-0.2, -0.15) is 0 Å².